The van der Waals surface area contributed by atoms with E-state index < -0.39 is 6.10 Å². The van der Waals surface area contributed by atoms with E-state index in [1.807, 2.05) is 42.5 Å². The average molecular weight is 465 g/mol. The van der Waals surface area contributed by atoms with Crippen molar-refractivity contribution in [2.24, 2.45) is 0 Å². The standard InChI is InChI=1S/C27H32N2O3S/c1-17-12-21-23(28-17)6-4-8-25(21)32-16-20(30)15-29-11-10-19(13-18(29)2)27-14-22-24(31-3)7-5-9-26(22)33-27/h4-9,12,14,18-20,28,30H,10-11,13,15-16H2,1-3H3/t18?,19?,20-/m0/s1. The number of β-amino-alcohol motifs (C(OH)–C–C–N with tert-alkyl or cyclic N) is 1. The summed E-state index contributed by atoms with van der Waals surface area (Å²) >= 11 is 1.89. The molecule has 3 heterocycles. The van der Waals surface area contributed by atoms with Crippen LogP contribution in [0.3, 0.4) is 0 Å². The van der Waals surface area contributed by atoms with Crippen LogP contribution < -0.4 is 9.47 Å². The molecule has 174 valence electrons. The van der Waals surface area contributed by atoms with Crippen molar-refractivity contribution in [1.29, 1.82) is 0 Å². The Morgan fingerprint density at radius 2 is 1.97 bits per heavy atom. The zero-order chi connectivity index (χ0) is 22.9. The van der Waals surface area contributed by atoms with E-state index in [9.17, 15) is 5.11 Å². The summed E-state index contributed by atoms with van der Waals surface area (Å²) in [5, 5.41) is 13.0. The number of aliphatic hydroxyl groups is 1. The van der Waals surface area contributed by atoms with Gasteiger partial charge in [-0.1, -0.05) is 12.1 Å². The van der Waals surface area contributed by atoms with Crippen LogP contribution >= 0.6 is 11.3 Å². The molecule has 2 aromatic heterocycles. The number of thiophene rings is 1. The number of benzene rings is 2. The van der Waals surface area contributed by atoms with Gasteiger partial charge in [0.1, 0.15) is 24.2 Å². The molecular formula is C27H32N2O3S. The smallest absolute Gasteiger partial charge is 0.128 e. The highest BCUT2D eigenvalue weighted by molar-refractivity contribution is 7.19. The van der Waals surface area contributed by atoms with E-state index in [0.29, 0.717) is 25.1 Å². The minimum Gasteiger partial charge on any atom is -0.496 e. The monoisotopic (exact) mass is 464 g/mol. The second kappa shape index (κ2) is 9.37. The molecule has 33 heavy (non-hydrogen) atoms. The number of H-pyrrole nitrogens is 1. The van der Waals surface area contributed by atoms with Crippen molar-refractivity contribution in [3.05, 3.63) is 59.1 Å². The predicted molar refractivity (Wildman–Crippen MR) is 136 cm³/mol. The first-order chi connectivity index (χ1) is 16.0. The average Bonchev–Trinajstić information content (AvgIpc) is 3.41. The molecule has 1 saturated heterocycles. The van der Waals surface area contributed by atoms with Crippen molar-refractivity contribution in [3.63, 3.8) is 0 Å². The van der Waals surface area contributed by atoms with Crippen LogP contribution in [0.4, 0.5) is 0 Å². The van der Waals surface area contributed by atoms with Gasteiger partial charge in [-0.25, -0.2) is 0 Å². The molecule has 2 aromatic carbocycles. The number of aryl methyl sites for hydroxylation is 1. The molecule has 2 N–H and O–H groups in total. The molecule has 5 rings (SSSR count). The summed E-state index contributed by atoms with van der Waals surface area (Å²) in [5.74, 6) is 2.33. The van der Waals surface area contributed by atoms with Crippen LogP contribution in [0.2, 0.25) is 0 Å². The number of nitrogens with one attached hydrogen (secondary N) is 1. The number of nitrogens with zero attached hydrogens (tertiary/aromatic N) is 1. The van der Waals surface area contributed by atoms with Gasteiger partial charge >= 0.3 is 0 Å². The van der Waals surface area contributed by atoms with Gasteiger partial charge < -0.3 is 19.6 Å². The normalized spacial score (nSPS) is 20.4. The van der Waals surface area contributed by atoms with Crippen molar-refractivity contribution in [1.82, 2.24) is 9.88 Å². The zero-order valence-electron chi connectivity index (χ0n) is 19.5. The van der Waals surface area contributed by atoms with E-state index in [-0.39, 0.29) is 0 Å². The molecule has 1 aliphatic heterocycles. The fourth-order valence-corrected chi connectivity index (χ4v) is 6.31. The Labute approximate surface area is 198 Å². The minimum atomic E-state index is -0.520. The molecule has 0 radical (unpaired) electrons. The van der Waals surface area contributed by atoms with E-state index in [4.69, 9.17) is 9.47 Å². The third kappa shape index (κ3) is 4.60. The van der Waals surface area contributed by atoms with Gasteiger partial charge in [0.05, 0.1) is 7.11 Å². The molecule has 5 nitrogen and oxygen atoms in total. The maximum atomic E-state index is 10.7. The van der Waals surface area contributed by atoms with Crippen LogP contribution in [0.25, 0.3) is 21.0 Å². The fourth-order valence-electron chi connectivity index (χ4n) is 5.09. The highest BCUT2D eigenvalue weighted by Gasteiger charge is 2.29. The molecule has 4 aromatic rings. The summed E-state index contributed by atoms with van der Waals surface area (Å²) in [6.07, 6.45) is 1.69. The third-order valence-corrected chi connectivity index (χ3v) is 8.07. The number of rotatable bonds is 7. The highest BCUT2D eigenvalue weighted by atomic mass is 32.1. The zero-order valence-corrected chi connectivity index (χ0v) is 20.3. The number of piperidine rings is 1. The Bertz CT molecular complexity index is 1250. The lowest BCUT2D eigenvalue weighted by Gasteiger charge is -2.38. The Morgan fingerprint density at radius 1 is 1.15 bits per heavy atom. The maximum absolute atomic E-state index is 10.7. The van der Waals surface area contributed by atoms with E-state index in [2.05, 4.69) is 41.1 Å². The van der Waals surface area contributed by atoms with Crippen molar-refractivity contribution < 1.29 is 14.6 Å². The van der Waals surface area contributed by atoms with Gasteiger partial charge in [0.15, 0.2) is 0 Å². The second-order valence-corrected chi connectivity index (χ2v) is 10.3. The number of likely N-dealkylation sites (tertiary alicyclic amines) is 1. The minimum absolute atomic E-state index is 0.298. The van der Waals surface area contributed by atoms with Crippen LogP contribution in [0, 0.1) is 6.92 Å². The summed E-state index contributed by atoms with van der Waals surface area (Å²) in [7, 11) is 1.74. The number of aromatic nitrogens is 1. The Balaban J connectivity index is 1.18. The first-order valence-corrected chi connectivity index (χ1v) is 12.5. The molecular weight excluding hydrogens is 432 g/mol. The number of aromatic amines is 1. The highest BCUT2D eigenvalue weighted by Crippen LogP contribution is 2.40. The fraction of sp³-hybridized carbons (Fsp3) is 0.407. The molecule has 1 aliphatic rings. The van der Waals surface area contributed by atoms with Gasteiger partial charge in [-0.3, -0.25) is 4.90 Å². The number of hydrogen-bond donors (Lipinski definition) is 2. The van der Waals surface area contributed by atoms with Gasteiger partial charge in [-0.05, 0) is 75.5 Å². The van der Waals surface area contributed by atoms with Crippen molar-refractivity contribution in [2.45, 2.75) is 44.8 Å². The van der Waals surface area contributed by atoms with Crippen LogP contribution in [-0.4, -0.2) is 53.9 Å². The van der Waals surface area contributed by atoms with E-state index >= 15 is 0 Å². The lowest BCUT2D eigenvalue weighted by atomic mass is 9.90. The van der Waals surface area contributed by atoms with Gasteiger partial charge in [0.25, 0.3) is 0 Å². The van der Waals surface area contributed by atoms with Crippen LogP contribution in [0.5, 0.6) is 11.5 Å². The lowest BCUT2D eigenvalue weighted by molar-refractivity contribution is 0.0408. The summed E-state index contributed by atoms with van der Waals surface area (Å²) in [6.45, 7) is 6.24. The van der Waals surface area contributed by atoms with E-state index in [1.165, 1.54) is 15.0 Å². The molecule has 0 aliphatic carbocycles. The molecule has 2 unspecified atom stereocenters. The Hall–Kier alpha value is -2.54. The maximum Gasteiger partial charge on any atom is 0.128 e. The second-order valence-electron chi connectivity index (χ2n) is 9.22. The van der Waals surface area contributed by atoms with E-state index in [1.54, 1.807) is 7.11 Å². The number of methoxy groups -OCH3 is 1. The van der Waals surface area contributed by atoms with Crippen LogP contribution in [-0.2, 0) is 0 Å². The van der Waals surface area contributed by atoms with Crippen LogP contribution in [0.15, 0.2) is 48.5 Å². The summed E-state index contributed by atoms with van der Waals surface area (Å²) in [6, 6.07) is 17.1. The third-order valence-electron chi connectivity index (χ3n) is 6.81. The van der Waals surface area contributed by atoms with Crippen molar-refractivity contribution in [3.8, 4) is 11.5 Å². The van der Waals surface area contributed by atoms with Crippen molar-refractivity contribution >= 4 is 32.3 Å². The summed E-state index contributed by atoms with van der Waals surface area (Å²) in [5.41, 5.74) is 2.17. The molecule has 0 saturated carbocycles. The number of hydrogen-bond acceptors (Lipinski definition) is 5. The van der Waals surface area contributed by atoms with Crippen LogP contribution in [0.1, 0.15) is 36.3 Å². The molecule has 3 atom stereocenters. The van der Waals surface area contributed by atoms with Gasteiger partial charge in [0.2, 0.25) is 0 Å². The predicted octanol–water partition coefficient (Wildman–Crippen LogP) is 5.71. The van der Waals surface area contributed by atoms with Gasteiger partial charge in [-0.2, -0.15) is 0 Å². The summed E-state index contributed by atoms with van der Waals surface area (Å²) < 4.78 is 12.8. The Kier molecular flexibility index (Phi) is 6.32. The molecule has 0 spiro atoms. The Morgan fingerprint density at radius 3 is 2.79 bits per heavy atom. The first kappa shape index (κ1) is 22.3. The first-order valence-electron chi connectivity index (χ1n) is 11.7. The molecule has 6 heteroatoms. The SMILES string of the molecule is COc1cccc2sc(C3CCN(C[C@H](O)COc4cccc5[nH]c(C)cc45)C(C)C3)cc12. The number of aliphatic hydroxyl groups excluding tert-OH is 1. The molecule has 1 fully saturated rings. The number of fused-ring (bicyclic) bond motifs is 2. The summed E-state index contributed by atoms with van der Waals surface area (Å²) in [4.78, 5) is 7.18. The quantitative estimate of drug-likeness (QED) is 0.368. The van der Waals surface area contributed by atoms with Gasteiger partial charge in [0, 0.05) is 44.1 Å². The molecule has 0 bridgehead atoms. The van der Waals surface area contributed by atoms with E-state index in [0.717, 1.165) is 47.5 Å². The number of ether oxygens (including phenoxy) is 2. The van der Waals surface area contributed by atoms with Crippen molar-refractivity contribution in [2.75, 3.05) is 26.8 Å². The largest absolute Gasteiger partial charge is 0.496 e. The lowest BCUT2D eigenvalue weighted by Crippen LogP contribution is -2.45. The topological polar surface area (TPSA) is 57.7 Å². The van der Waals surface area contributed by atoms with Gasteiger partial charge in [-0.15, -0.1) is 11.3 Å². The molecule has 0 amide bonds.